The van der Waals surface area contributed by atoms with Gasteiger partial charge in [0.25, 0.3) is 11.7 Å². The molecule has 0 aliphatic carbocycles. The second kappa shape index (κ2) is 10.0. The number of benzene rings is 1. The lowest BCUT2D eigenvalue weighted by molar-refractivity contribution is -0.136. The average molecular weight is 394 g/mol. The first-order chi connectivity index (χ1) is 12.9. The van der Waals surface area contributed by atoms with E-state index in [4.69, 9.17) is 4.74 Å². The van der Waals surface area contributed by atoms with Gasteiger partial charge in [0.2, 0.25) is 0 Å². The fourth-order valence-corrected chi connectivity index (χ4v) is 2.92. The summed E-state index contributed by atoms with van der Waals surface area (Å²) < 4.78 is 30.2. The van der Waals surface area contributed by atoms with Gasteiger partial charge in [-0.15, -0.1) is 0 Å². The van der Waals surface area contributed by atoms with Crippen LogP contribution in [0.5, 0.6) is 0 Å². The number of thioether (sulfide) groups is 1. The van der Waals surface area contributed by atoms with Crippen LogP contribution >= 0.6 is 11.8 Å². The van der Waals surface area contributed by atoms with E-state index in [0.29, 0.717) is 6.54 Å². The molecule has 2 aromatic rings. The van der Waals surface area contributed by atoms with E-state index in [0.717, 1.165) is 5.56 Å². The second-order valence-corrected chi connectivity index (χ2v) is 6.89. The van der Waals surface area contributed by atoms with Gasteiger partial charge in [0.1, 0.15) is 5.03 Å². The lowest BCUT2D eigenvalue weighted by atomic mass is 10.2. The van der Waals surface area contributed by atoms with Crippen LogP contribution in [0.25, 0.3) is 0 Å². The summed E-state index contributed by atoms with van der Waals surface area (Å²) >= 11 is 0.160. The van der Waals surface area contributed by atoms with Crippen molar-refractivity contribution >= 4 is 23.6 Å². The number of hydrogen-bond donors (Lipinski definition) is 0. The molecule has 0 spiro atoms. The molecule has 0 aliphatic rings. The summed E-state index contributed by atoms with van der Waals surface area (Å²) in [5.41, 5.74) is 0.864. The highest BCUT2D eigenvalue weighted by molar-refractivity contribution is 7.99. The number of ether oxygens (including phenoxy) is 1. The summed E-state index contributed by atoms with van der Waals surface area (Å²) in [4.78, 5) is 30.1. The monoisotopic (exact) mass is 394 g/mol. The van der Waals surface area contributed by atoms with Crippen molar-refractivity contribution in [3.05, 3.63) is 59.8 Å². The van der Waals surface area contributed by atoms with Gasteiger partial charge in [-0.1, -0.05) is 30.3 Å². The van der Waals surface area contributed by atoms with Crippen LogP contribution in [-0.4, -0.2) is 40.2 Å². The Morgan fingerprint density at radius 3 is 2.48 bits per heavy atom. The lowest BCUT2D eigenvalue weighted by Crippen LogP contribution is -2.39. The van der Waals surface area contributed by atoms with Crippen molar-refractivity contribution in [2.45, 2.75) is 37.2 Å². The first-order valence-electron chi connectivity index (χ1n) is 8.28. The van der Waals surface area contributed by atoms with Crippen LogP contribution in [0.3, 0.4) is 0 Å². The third-order valence-corrected chi connectivity index (χ3v) is 4.38. The van der Waals surface area contributed by atoms with Crippen LogP contribution < -0.4 is 0 Å². The van der Waals surface area contributed by atoms with Crippen LogP contribution in [0.15, 0.2) is 53.7 Å². The molecule has 0 saturated carbocycles. The Kier molecular flexibility index (Phi) is 7.72. The van der Waals surface area contributed by atoms with Gasteiger partial charge in [0, 0.05) is 18.8 Å². The minimum Gasteiger partial charge on any atom is -0.452 e. The minimum atomic E-state index is -2.71. The third kappa shape index (κ3) is 6.32. The highest BCUT2D eigenvalue weighted by Crippen LogP contribution is 2.26. The summed E-state index contributed by atoms with van der Waals surface area (Å²) in [7, 11) is 0. The predicted molar refractivity (Wildman–Crippen MR) is 98.5 cm³/mol. The van der Waals surface area contributed by atoms with E-state index < -0.39 is 18.3 Å². The van der Waals surface area contributed by atoms with Crippen molar-refractivity contribution < 1.29 is 23.1 Å². The molecular formula is C19H20F2N2O3S. The summed E-state index contributed by atoms with van der Waals surface area (Å²) in [5, 5.41) is -0.130. The molecule has 0 unspecified atom stereocenters. The zero-order chi connectivity index (χ0) is 19.8. The molecular weight excluding hydrogens is 374 g/mol. The minimum absolute atomic E-state index is 0.0882. The maximum Gasteiger partial charge on any atom is 0.341 e. The summed E-state index contributed by atoms with van der Waals surface area (Å²) in [5.74, 6) is -3.94. The Hall–Kier alpha value is -2.48. The van der Waals surface area contributed by atoms with Crippen LogP contribution in [0.2, 0.25) is 0 Å². The third-order valence-electron chi connectivity index (χ3n) is 3.66. The summed E-state index contributed by atoms with van der Waals surface area (Å²) in [6.45, 7) is 3.63. The van der Waals surface area contributed by atoms with Gasteiger partial charge in [-0.25, -0.2) is 9.78 Å². The molecule has 5 nitrogen and oxygen atoms in total. The average Bonchev–Trinajstić information content (AvgIpc) is 2.64. The highest BCUT2D eigenvalue weighted by atomic mass is 32.2. The summed E-state index contributed by atoms with van der Waals surface area (Å²) in [6, 6.07) is 12.1. The van der Waals surface area contributed by atoms with Crippen LogP contribution in [0.1, 0.15) is 29.8 Å². The van der Waals surface area contributed by atoms with Crippen LogP contribution in [-0.2, 0) is 16.1 Å². The van der Waals surface area contributed by atoms with E-state index in [1.807, 2.05) is 44.2 Å². The van der Waals surface area contributed by atoms with E-state index in [9.17, 15) is 18.4 Å². The molecule has 1 aromatic heterocycles. The Bertz CT molecular complexity index is 773. The largest absolute Gasteiger partial charge is 0.452 e. The second-order valence-electron chi connectivity index (χ2n) is 5.91. The van der Waals surface area contributed by atoms with Gasteiger partial charge in [-0.2, -0.15) is 8.78 Å². The van der Waals surface area contributed by atoms with Gasteiger partial charge in [-0.3, -0.25) is 4.79 Å². The van der Waals surface area contributed by atoms with Crippen molar-refractivity contribution in [2.24, 2.45) is 0 Å². The lowest BCUT2D eigenvalue weighted by Gasteiger charge is -2.26. The van der Waals surface area contributed by atoms with E-state index >= 15 is 0 Å². The van der Waals surface area contributed by atoms with E-state index in [1.54, 1.807) is 4.90 Å². The van der Waals surface area contributed by atoms with E-state index in [1.165, 1.54) is 18.3 Å². The SMILES string of the molecule is CC(C)N(Cc1ccccc1)C(=O)COC(=O)c1cccnc1SC(F)F. The normalized spacial score (nSPS) is 10.9. The standard InChI is InChI=1S/C19H20F2N2O3S/c1-13(2)23(11-14-7-4-3-5-8-14)16(24)12-26-18(25)15-9-6-10-22-17(15)27-19(20)21/h3-10,13,19H,11-12H2,1-2H3. The first kappa shape index (κ1) is 20.8. The molecule has 0 radical (unpaired) electrons. The smallest absolute Gasteiger partial charge is 0.341 e. The molecule has 0 aliphatic heterocycles. The van der Waals surface area contributed by atoms with Gasteiger partial charge >= 0.3 is 5.97 Å². The van der Waals surface area contributed by atoms with E-state index in [-0.39, 0.29) is 34.3 Å². The molecule has 1 amide bonds. The number of amides is 1. The van der Waals surface area contributed by atoms with Crippen molar-refractivity contribution in [1.29, 1.82) is 0 Å². The molecule has 8 heteroatoms. The number of pyridine rings is 1. The Morgan fingerprint density at radius 2 is 1.85 bits per heavy atom. The quantitative estimate of drug-likeness (QED) is 0.501. The molecule has 0 bridgehead atoms. The molecule has 0 atom stereocenters. The molecule has 0 fully saturated rings. The van der Waals surface area contributed by atoms with E-state index in [2.05, 4.69) is 4.98 Å². The number of esters is 1. The number of carbonyl (C=O) groups excluding carboxylic acids is 2. The number of rotatable bonds is 8. The Labute approximate surface area is 160 Å². The number of carbonyl (C=O) groups is 2. The molecule has 0 N–H and O–H groups in total. The molecule has 2 rings (SSSR count). The van der Waals surface area contributed by atoms with Gasteiger partial charge in [0.15, 0.2) is 6.61 Å². The fourth-order valence-electron chi connectivity index (χ4n) is 2.35. The maximum atomic E-state index is 12.6. The highest BCUT2D eigenvalue weighted by Gasteiger charge is 2.22. The van der Waals surface area contributed by atoms with Gasteiger partial charge in [0.05, 0.1) is 5.56 Å². The number of aromatic nitrogens is 1. The maximum absolute atomic E-state index is 12.6. The van der Waals surface area contributed by atoms with Crippen molar-refractivity contribution in [3.8, 4) is 0 Å². The fraction of sp³-hybridized carbons (Fsp3) is 0.316. The number of alkyl halides is 2. The Balaban J connectivity index is 2.01. The molecule has 1 aromatic carbocycles. The van der Waals surface area contributed by atoms with Crippen molar-refractivity contribution in [3.63, 3.8) is 0 Å². The van der Waals surface area contributed by atoms with Gasteiger partial charge in [-0.05, 0) is 43.3 Å². The van der Waals surface area contributed by atoms with Crippen molar-refractivity contribution in [1.82, 2.24) is 9.88 Å². The predicted octanol–water partition coefficient (Wildman–Crippen LogP) is 3.99. The number of nitrogens with zero attached hydrogens (tertiary/aromatic N) is 2. The molecule has 0 saturated heterocycles. The zero-order valence-electron chi connectivity index (χ0n) is 15.0. The zero-order valence-corrected chi connectivity index (χ0v) is 15.8. The van der Waals surface area contributed by atoms with Gasteiger partial charge < -0.3 is 9.64 Å². The molecule has 27 heavy (non-hydrogen) atoms. The topological polar surface area (TPSA) is 59.5 Å². The summed E-state index contributed by atoms with van der Waals surface area (Å²) in [6.07, 6.45) is 1.31. The number of hydrogen-bond acceptors (Lipinski definition) is 5. The number of halogens is 2. The molecule has 1 heterocycles. The van der Waals surface area contributed by atoms with Crippen LogP contribution in [0.4, 0.5) is 8.78 Å². The Morgan fingerprint density at radius 1 is 1.15 bits per heavy atom. The molecule has 144 valence electrons. The first-order valence-corrected chi connectivity index (χ1v) is 9.16. The van der Waals surface area contributed by atoms with Crippen LogP contribution in [0, 0.1) is 0 Å². The van der Waals surface area contributed by atoms with Crippen molar-refractivity contribution in [2.75, 3.05) is 6.61 Å².